The number of hydrogen-bond acceptors (Lipinski definition) is 3. The molecule has 2 rings (SSSR count). The molecule has 1 aliphatic carbocycles. The van der Waals surface area contributed by atoms with Crippen LogP contribution in [0.2, 0.25) is 0 Å². The second kappa shape index (κ2) is 4.14. The monoisotopic (exact) mass is 209 g/mol. The van der Waals surface area contributed by atoms with Crippen molar-refractivity contribution in [2.24, 2.45) is 11.7 Å². The zero-order valence-electron chi connectivity index (χ0n) is 8.86. The topological polar surface area (TPSA) is 42.1 Å². The Labute approximate surface area is 89.1 Å². The van der Waals surface area contributed by atoms with E-state index in [2.05, 4.69) is 4.98 Å². The lowest BCUT2D eigenvalue weighted by Gasteiger charge is -2.35. The van der Waals surface area contributed by atoms with Gasteiger partial charge >= 0.3 is 0 Å². The fourth-order valence-electron chi connectivity index (χ4n) is 2.07. The van der Waals surface area contributed by atoms with Crippen molar-refractivity contribution in [2.45, 2.75) is 18.9 Å². The van der Waals surface area contributed by atoms with E-state index in [1.807, 2.05) is 11.9 Å². The molecule has 2 N–H and O–H groups in total. The first-order valence-electron chi connectivity index (χ1n) is 5.24. The highest BCUT2D eigenvalue weighted by Gasteiger charge is 2.27. The van der Waals surface area contributed by atoms with Crippen LogP contribution >= 0.6 is 0 Å². The molecule has 0 atom stereocenters. The SMILES string of the molecule is CN(CC1CC(N)C1)c1ncccc1F. The van der Waals surface area contributed by atoms with E-state index < -0.39 is 0 Å². The van der Waals surface area contributed by atoms with E-state index in [0.29, 0.717) is 17.8 Å². The molecule has 1 heterocycles. The number of rotatable bonds is 3. The van der Waals surface area contributed by atoms with E-state index in [4.69, 9.17) is 5.73 Å². The summed E-state index contributed by atoms with van der Waals surface area (Å²) in [5, 5.41) is 0. The van der Waals surface area contributed by atoms with Gasteiger partial charge in [0.15, 0.2) is 11.6 Å². The van der Waals surface area contributed by atoms with E-state index in [1.54, 1.807) is 12.3 Å². The van der Waals surface area contributed by atoms with E-state index in [-0.39, 0.29) is 5.82 Å². The highest BCUT2D eigenvalue weighted by molar-refractivity contribution is 5.38. The number of nitrogens with zero attached hydrogens (tertiary/aromatic N) is 2. The molecule has 0 radical (unpaired) electrons. The smallest absolute Gasteiger partial charge is 0.165 e. The molecule has 1 saturated carbocycles. The summed E-state index contributed by atoms with van der Waals surface area (Å²) >= 11 is 0. The molecule has 82 valence electrons. The molecule has 3 nitrogen and oxygen atoms in total. The van der Waals surface area contributed by atoms with Crippen molar-refractivity contribution in [1.29, 1.82) is 0 Å². The highest BCUT2D eigenvalue weighted by atomic mass is 19.1. The molecule has 0 amide bonds. The first-order chi connectivity index (χ1) is 7.16. The number of pyridine rings is 1. The molecule has 0 bridgehead atoms. The Hall–Kier alpha value is -1.16. The summed E-state index contributed by atoms with van der Waals surface area (Å²) in [6.07, 6.45) is 3.69. The maximum atomic E-state index is 13.4. The van der Waals surface area contributed by atoms with Crippen molar-refractivity contribution in [1.82, 2.24) is 4.98 Å². The quantitative estimate of drug-likeness (QED) is 0.818. The van der Waals surface area contributed by atoms with Crippen molar-refractivity contribution in [3.05, 3.63) is 24.1 Å². The van der Waals surface area contributed by atoms with Crippen LogP contribution in [0.4, 0.5) is 10.2 Å². The molecule has 0 spiro atoms. The van der Waals surface area contributed by atoms with Crippen LogP contribution in [-0.4, -0.2) is 24.6 Å². The van der Waals surface area contributed by atoms with Gasteiger partial charge in [-0.3, -0.25) is 0 Å². The third kappa shape index (κ3) is 2.26. The van der Waals surface area contributed by atoms with Gasteiger partial charge in [-0.05, 0) is 30.9 Å². The predicted octanol–water partition coefficient (Wildman–Crippen LogP) is 1.39. The Kier molecular flexibility index (Phi) is 2.86. The van der Waals surface area contributed by atoms with Gasteiger partial charge in [-0.25, -0.2) is 9.37 Å². The summed E-state index contributed by atoms with van der Waals surface area (Å²) in [5.41, 5.74) is 5.70. The fraction of sp³-hybridized carbons (Fsp3) is 0.545. The van der Waals surface area contributed by atoms with Gasteiger partial charge in [-0.2, -0.15) is 0 Å². The summed E-state index contributed by atoms with van der Waals surface area (Å²) in [6, 6.07) is 3.38. The average Bonchev–Trinajstić information content (AvgIpc) is 2.16. The van der Waals surface area contributed by atoms with Crippen LogP contribution in [0, 0.1) is 11.7 Å². The van der Waals surface area contributed by atoms with Gasteiger partial charge in [-0.15, -0.1) is 0 Å². The van der Waals surface area contributed by atoms with Gasteiger partial charge in [0.2, 0.25) is 0 Å². The van der Waals surface area contributed by atoms with Crippen LogP contribution in [0.3, 0.4) is 0 Å². The first kappa shape index (κ1) is 10.4. The van der Waals surface area contributed by atoms with Gasteiger partial charge in [0.1, 0.15) is 0 Å². The molecule has 0 aliphatic heterocycles. The lowest BCUT2D eigenvalue weighted by Crippen LogP contribution is -2.42. The third-order valence-corrected chi connectivity index (χ3v) is 2.90. The Morgan fingerprint density at radius 3 is 2.93 bits per heavy atom. The molecule has 0 aromatic carbocycles. The van der Waals surface area contributed by atoms with Crippen LogP contribution in [0.15, 0.2) is 18.3 Å². The van der Waals surface area contributed by atoms with Gasteiger partial charge in [0, 0.05) is 25.8 Å². The molecule has 1 aliphatic rings. The Morgan fingerprint density at radius 2 is 2.33 bits per heavy atom. The van der Waals surface area contributed by atoms with Crippen LogP contribution in [-0.2, 0) is 0 Å². The van der Waals surface area contributed by atoms with Gasteiger partial charge in [-0.1, -0.05) is 0 Å². The van der Waals surface area contributed by atoms with Crippen LogP contribution in [0.1, 0.15) is 12.8 Å². The first-order valence-corrected chi connectivity index (χ1v) is 5.24. The van der Waals surface area contributed by atoms with Gasteiger partial charge in [0.25, 0.3) is 0 Å². The molecule has 1 aromatic heterocycles. The lowest BCUT2D eigenvalue weighted by atomic mass is 9.80. The van der Waals surface area contributed by atoms with E-state index in [0.717, 1.165) is 19.4 Å². The van der Waals surface area contributed by atoms with Crippen molar-refractivity contribution in [2.75, 3.05) is 18.5 Å². The molecule has 1 aromatic rings. The predicted molar refractivity (Wildman–Crippen MR) is 58.2 cm³/mol. The van der Waals surface area contributed by atoms with Gasteiger partial charge < -0.3 is 10.6 Å². The minimum absolute atomic E-state index is 0.261. The molecular weight excluding hydrogens is 193 g/mol. The van der Waals surface area contributed by atoms with Crippen molar-refractivity contribution in [3.8, 4) is 0 Å². The Morgan fingerprint density at radius 1 is 1.60 bits per heavy atom. The van der Waals surface area contributed by atoms with E-state index >= 15 is 0 Å². The maximum absolute atomic E-state index is 13.4. The van der Waals surface area contributed by atoms with Crippen molar-refractivity contribution < 1.29 is 4.39 Å². The minimum Gasteiger partial charge on any atom is -0.357 e. The second-order valence-corrected chi connectivity index (χ2v) is 4.29. The van der Waals surface area contributed by atoms with E-state index in [9.17, 15) is 4.39 Å². The van der Waals surface area contributed by atoms with Crippen molar-refractivity contribution >= 4 is 5.82 Å². The number of halogens is 1. The lowest BCUT2D eigenvalue weighted by molar-refractivity contribution is 0.270. The summed E-state index contributed by atoms with van der Waals surface area (Å²) < 4.78 is 13.4. The molecule has 0 unspecified atom stereocenters. The normalized spacial score (nSPS) is 24.7. The van der Waals surface area contributed by atoms with Crippen LogP contribution in [0.25, 0.3) is 0 Å². The number of hydrogen-bond donors (Lipinski definition) is 1. The van der Waals surface area contributed by atoms with Crippen LogP contribution < -0.4 is 10.6 Å². The molecule has 15 heavy (non-hydrogen) atoms. The molecule has 4 heteroatoms. The summed E-state index contributed by atoms with van der Waals surface area (Å²) in [7, 11) is 1.87. The minimum atomic E-state index is -0.261. The molecule has 0 saturated heterocycles. The molecular formula is C11H16FN3. The zero-order chi connectivity index (χ0) is 10.8. The summed E-state index contributed by atoms with van der Waals surface area (Å²) in [4.78, 5) is 5.90. The average molecular weight is 209 g/mol. The Balaban J connectivity index is 1.96. The number of aromatic nitrogens is 1. The largest absolute Gasteiger partial charge is 0.357 e. The summed E-state index contributed by atoms with van der Waals surface area (Å²) in [6.45, 7) is 0.835. The zero-order valence-corrected chi connectivity index (χ0v) is 8.86. The van der Waals surface area contributed by atoms with Crippen molar-refractivity contribution in [3.63, 3.8) is 0 Å². The summed E-state index contributed by atoms with van der Waals surface area (Å²) in [5.74, 6) is 0.757. The van der Waals surface area contributed by atoms with Crippen LogP contribution in [0.5, 0.6) is 0 Å². The number of anilines is 1. The van der Waals surface area contributed by atoms with E-state index in [1.165, 1.54) is 6.07 Å². The second-order valence-electron chi connectivity index (χ2n) is 4.29. The third-order valence-electron chi connectivity index (χ3n) is 2.90. The number of nitrogens with two attached hydrogens (primary N) is 1. The van der Waals surface area contributed by atoms with Gasteiger partial charge in [0.05, 0.1) is 0 Å². The highest BCUT2D eigenvalue weighted by Crippen LogP contribution is 2.27. The molecule has 1 fully saturated rings. The maximum Gasteiger partial charge on any atom is 0.165 e. The Bertz CT molecular complexity index is 336. The standard InChI is InChI=1S/C11H16FN3/c1-15(7-8-5-9(13)6-8)11-10(12)3-2-4-14-11/h2-4,8-9H,5-7,13H2,1H3. The fourth-order valence-corrected chi connectivity index (χ4v) is 2.07.